The number of thiazole rings is 1. The minimum Gasteiger partial charge on any atom is -0.394 e. The number of amides is 1. The molecular formula is C13H22N4O2S. The molecule has 1 aromatic heterocycles. The number of carbonyl (C=O) groups excluding carboxylic acids is 1. The van der Waals surface area contributed by atoms with Crippen LogP contribution in [0.5, 0.6) is 0 Å². The van der Waals surface area contributed by atoms with E-state index in [1.165, 1.54) is 11.3 Å². The first kappa shape index (κ1) is 15.1. The molecule has 0 saturated carbocycles. The zero-order valence-corrected chi connectivity index (χ0v) is 12.7. The van der Waals surface area contributed by atoms with Crippen molar-refractivity contribution in [2.75, 3.05) is 30.3 Å². The summed E-state index contributed by atoms with van der Waals surface area (Å²) in [5, 5.41) is 12.9. The van der Waals surface area contributed by atoms with Crippen molar-refractivity contribution in [3.63, 3.8) is 0 Å². The number of aliphatic hydroxyl groups is 1. The highest BCUT2D eigenvalue weighted by atomic mass is 32.1. The van der Waals surface area contributed by atoms with Crippen LogP contribution in [0, 0.1) is 5.92 Å². The van der Waals surface area contributed by atoms with E-state index < -0.39 is 0 Å². The molecule has 2 rings (SSSR count). The highest BCUT2D eigenvalue weighted by Gasteiger charge is 2.23. The first-order chi connectivity index (χ1) is 9.52. The molecular weight excluding hydrogens is 276 g/mol. The number of aliphatic hydroxyl groups excluding tert-OH is 1. The summed E-state index contributed by atoms with van der Waals surface area (Å²) in [6.07, 6.45) is 2.31. The largest absolute Gasteiger partial charge is 0.394 e. The van der Waals surface area contributed by atoms with Gasteiger partial charge in [0.1, 0.15) is 10.7 Å². The zero-order valence-electron chi connectivity index (χ0n) is 11.9. The first-order valence-corrected chi connectivity index (χ1v) is 7.77. The number of rotatable bonds is 5. The summed E-state index contributed by atoms with van der Waals surface area (Å²) in [4.78, 5) is 19.1. The Bertz CT molecular complexity index is 469. The van der Waals surface area contributed by atoms with Crippen LogP contribution in [0.15, 0.2) is 0 Å². The van der Waals surface area contributed by atoms with E-state index in [0.29, 0.717) is 4.88 Å². The molecule has 1 atom stereocenters. The van der Waals surface area contributed by atoms with Crippen molar-refractivity contribution < 1.29 is 9.90 Å². The monoisotopic (exact) mass is 298 g/mol. The minimum atomic E-state index is -0.265. The molecule has 0 spiro atoms. The minimum absolute atomic E-state index is 0.0822. The lowest BCUT2D eigenvalue weighted by Gasteiger charge is -2.19. The van der Waals surface area contributed by atoms with E-state index in [1.54, 1.807) is 0 Å². The number of carbonyl (C=O) groups is 1. The van der Waals surface area contributed by atoms with Gasteiger partial charge in [-0.2, -0.15) is 0 Å². The van der Waals surface area contributed by atoms with E-state index in [2.05, 4.69) is 15.2 Å². The average molecular weight is 298 g/mol. The van der Waals surface area contributed by atoms with E-state index >= 15 is 0 Å². The number of aromatic nitrogens is 1. The van der Waals surface area contributed by atoms with Crippen molar-refractivity contribution in [3.05, 3.63) is 4.88 Å². The van der Waals surface area contributed by atoms with Crippen LogP contribution in [0.1, 0.15) is 36.4 Å². The maximum absolute atomic E-state index is 12.2. The van der Waals surface area contributed by atoms with Crippen LogP contribution in [0.4, 0.5) is 10.9 Å². The molecule has 0 bridgehead atoms. The number of nitrogen functional groups attached to an aromatic ring is 1. The molecule has 20 heavy (non-hydrogen) atoms. The fraction of sp³-hybridized carbons (Fsp3) is 0.692. The van der Waals surface area contributed by atoms with Gasteiger partial charge < -0.3 is 21.1 Å². The maximum atomic E-state index is 12.2. The average Bonchev–Trinajstić information content (AvgIpc) is 3.03. The lowest BCUT2D eigenvalue weighted by atomic mass is 10.1. The normalized spacial score (nSPS) is 16.7. The summed E-state index contributed by atoms with van der Waals surface area (Å²) in [5.74, 6) is 0.184. The Kier molecular flexibility index (Phi) is 4.82. The fourth-order valence-corrected chi connectivity index (χ4v) is 3.12. The highest BCUT2D eigenvalue weighted by Crippen LogP contribution is 2.30. The molecule has 1 aliphatic rings. The van der Waals surface area contributed by atoms with Gasteiger partial charge in [0.2, 0.25) is 0 Å². The van der Waals surface area contributed by atoms with Gasteiger partial charge in [0.15, 0.2) is 5.13 Å². The van der Waals surface area contributed by atoms with Gasteiger partial charge in [-0.15, -0.1) is 0 Å². The van der Waals surface area contributed by atoms with Crippen molar-refractivity contribution in [1.82, 2.24) is 10.3 Å². The second-order valence-electron chi connectivity index (χ2n) is 5.41. The van der Waals surface area contributed by atoms with Crippen molar-refractivity contribution in [1.29, 1.82) is 0 Å². The second-order valence-corrected chi connectivity index (χ2v) is 6.39. The third kappa shape index (κ3) is 3.21. The van der Waals surface area contributed by atoms with Crippen LogP contribution in [-0.4, -0.2) is 41.7 Å². The van der Waals surface area contributed by atoms with E-state index in [-0.39, 0.29) is 30.3 Å². The third-order valence-corrected chi connectivity index (χ3v) is 4.67. The van der Waals surface area contributed by atoms with E-state index in [4.69, 9.17) is 5.73 Å². The number of nitrogens with two attached hydrogens (primary N) is 1. The molecule has 1 unspecified atom stereocenters. The summed E-state index contributed by atoms with van der Waals surface area (Å²) >= 11 is 1.33. The zero-order chi connectivity index (χ0) is 14.7. The Balaban J connectivity index is 2.09. The molecule has 4 N–H and O–H groups in total. The standard InChI is InChI=1S/C13H22N4O2S/c1-8(2)9(7-18)15-12(19)10-11(14)16-13(20-10)17-5-3-4-6-17/h8-9,18H,3-7,14H2,1-2H3,(H,15,19). The number of hydrogen-bond donors (Lipinski definition) is 3. The molecule has 1 fully saturated rings. The lowest BCUT2D eigenvalue weighted by Crippen LogP contribution is -2.41. The SMILES string of the molecule is CC(C)C(CO)NC(=O)c1sc(N2CCCC2)nc1N. The predicted molar refractivity (Wildman–Crippen MR) is 81.2 cm³/mol. The molecule has 6 nitrogen and oxygen atoms in total. The summed E-state index contributed by atoms with van der Waals surface area (Å²) in [6.45, 7) is 5.76. The Morgan fingerprint density at radius 1 is 1.50 bits per heavy atom. The van der Waals surface area contributed by atoms with Gasteiger partial charge in [0.25, 0.3) is 5.91 Å². The van der Waals surface area contributed by atoms with Gasteiger partial charge in [-0.05, 0) is 18.8 Å². The van der Waals surface area contributed by atoms with Gasteiger partial charge in [0, 0.05) is 13.1 Å². The summed E-state index contributed by atoms with van der Waals surface area (Å²) in [6, 6.07) is -0.265. The van der Waals surface area contributed by atoms with Gasteiger partial charge in [-0.1, -0.05) is 25.2 Å². The summed E-state index contributed by atoms with van der Waals surface area (Å²) < 4.78 is 0. The lowest BCUT2D eigenvalue weighted by molar-refractivity contribution is 0.0901. The summed E-state index contributed by atoms with van der Waals surface area (Å²) in [7, 11) is 0. The van der Waals surface area contributed by atoms with E-state index in [9.17, 15) is 9.90 Å². The van der Waals surface area contributed by atoms with Crippen molar-refractivity contribution in [2.24, 2.45) is 5.92 Å². The van der Waals surface area contributed by atoms with Gasteiger partial charge >= 0.3 is 0 Å². The topological polar surface area (TPSA) is 91.5 Å². The number of hydrogen-bond acceptors (Lipinski definition) is 6. The van der Waals surface area contributed by atoms with Crippen LogP contribution in [0.3, 0.4) is 0 Å². The molecule has 1 aliphatic heterocycles. The maximum Gasteiger partial charge on any atom is 0.265 e. The smallest absolute Gasteiger partial charge is 0.265 e. The number of anilines is 2. The molecule has 112 valence electrons. The molecule has 0 radical (unpaired) electrons. The van der Waals surface area contributed by atoms with Crippen molar-refractivity contribution in [2.45, 2.75) is 32.7 Å². The molecule has 1 amide bonds. The third-order valence-electron chi connectivity index (χ3n) is 3.54. The van der Waals surface area contributed by atoms with Crippen LogP contribution in [0.2, 0.25) is 0 Å². The van der Waals surface area contributed by atoms with E-state index in [0.717, 1.165) is 31.1 Å². The van der Waals surface area contributed by atoms with Crippen LogP contribution >= 0.6 is 11.3 Å². The molecule has 1 saturated heterocycles. The molecule has 2 heterocycles. The van der Waals surface area contributed by atoms with E-state index in [1.807, 2.05) is 13.8 Å². The number of nitrogens with one attached hydrogen (secondary N) is 1. The van der Waals surface area contributed by atoms with Gasteiger partial charge in [-0.25, -0.2) is 4.98 Å². The van der Waals surface area contributed by atoms with Gasteiger partial charge in [0.05, 0.1) is 12.6 Å². The first-order valence-electron chi connectivity index (χ1n) is 6.96. The van der Waals surface area contributed by atoms with Crippen molar-refractivity contribution >= 4 is 28.2 Å². The molecule has 0 aromatic carbocycles. The Labute approximate surface area is 123 Å². The Morgan fingerprint density at radius 2 is 2.15 bits per heavy atom. The summed E-state index contributed by atoms with van der Waals surface area (Å²) in [5.41, 5.74) is 5.85. The Morgan fingerprint density at radius 3 is 2.70 bits per heavy atom. The second kappa shape index (κ2) is 6.41. The fourth-order valence-electron chi connectivity index (χ4n) is 2.18. The van der Waals surface area contributed by atoms with Crippen molar-refractivity contribution in [3.8, 4) is 0 Å². The number of nitrogens with zero attached hydrogens (tertiary/aromatic N) is 2. The predicted octanol–water partition coefficient (Wildman–Crippen LogP) is 1.07. The van der Waals surface area contributed by atoms with Gasteiger partial charge in [-0.3, -0.25) is 4.79 Å². The highest BCUT2D eigenvalue weighted by molar-refractivity contribution is 7.18. The molecule has 7 heteroatoms. The molecule has 1 aromatic rings. The van der Waals surface area contributed by atoms with Crippen LogP contribution in [-0.2, 0) is 0 Å². The Hall–Kier alpha value is -1.34. The van der Waals surface area contributed by atoms with Crippen LogP contribution in [0.25, 0.3) is 0 Å². The molecule has 0 aliphatic carbocycles. The quantitative estimate of drug-likeness (QED) is 0.756. The van der Waals surface area contributed by atoms with Crippen LogP contribution < -0.4 is 16.0 Å².